The lowest BCUT2D eigenvalue weighted by Crippen LogP contribution is -2.26. The van der Waals surface area contributed by atoms with Crippen LogP contribution in [0, 0.1) is 0 Å². The second-order valence-electron chi connectivity index (χ2n) is 19.3. The fraction of sp³-hybridized carbons (Fsp3) is 0.0145. The minimum atomic E-state index is -0.507. The van der Waals surface area contributed by atoms with Crippen LogP contribution in [0.4, 0.5) is 0 Å². The molecule has 0 amide bonds. The molecule has 0 fully saturated rings. The van der Waals surface area contributed by atoms with E-state index in [1.165, 1.54) is 154 Å². The SMILES string of the molecule is c1ccc(-c2c3c(c(-c4ccccc4)c4ccccc24)-c2ccc(-c4ccc5c6c(ccc5c4)-c4c(c5ccccc5c5ccccc45)C64c5ccccc5-c5ccccc54)c4cccc-3c24)cc1. The van der Waals surface area contributed by atoms with Crippen LogP contribution in [0.5, 0.6) is 0 Å². The first kappa shape index (κ1) is 37.3. The van der Waals surface area contributed by atoms with Gasteiger partial charge in [0.05, 0.1) is 5.41 Å². The highest BCUT2D eigenvalue weighted by atomic mass is 14.5. The zero-order chi connectivity index (χ0) is 45.0. The van der Waals surface area contributed by atoms with Crippen molar-refractivity contribution < 1.29 is 0 Å². The van der Waals surface area contributed by atoms with Gasteiger partial charge in [-0.3, -0.25) is 0 Å². The van der Waals surface area contributed by atoms with Gasteiger partial charge in [-0.05, 0) is 160 Å². The third-order valence-electron chi connectivity index (χ3n) is 16.2. The Morgan fingerprint density at radius 2 is 0.681 bits per heavy atom. The molecule has 1 spiro atoms. The lowest BCUT2D eigenvalue weighted by molar-refractivity contribution is 0.809. The molecule has 316 valence electrons. The Kier molecular flexibility index (Phi) is 7.36. The average Bonchev–Trinajstić information content (AvgIpc) is 4.03. The van der Waals surface area contributed by atoms with Gasteiger partial charge in [-0.15, -0.1) is 0 Å². The average molecular weight is 869 g/mol. The van der Waals surface area contributed by atoms with Crippen molar-refractivity contribution in [1.82, 2.24) is 0 Å². The van der Waals surface area contributed by atoms with Crippen molar-refractivity contribution >= 4 is 53.9 Å². The van der Waals surface area contributed by atoms with Crippen LogP contribution in [-0.2, 0) is 5.41 Å². The molecule has 3 aliphatic rings. The van der Waals surface area contributed by atoms with Gasteiger partial charge in [-0.25, -0.2) is 0 Å². The standard InChI is InChI=1S/C69H40/c1-3-18-41(19-4-1)61-53-27-10-11-28-54(53)62(42-20-5-2-6-21-42)66-57-39-38-45(51-30-17-31-56(63(51)57)65(61)66)43-34-36-46-44(40-43)35-37-58-64-52-26-9-7-22-47(52)48-23-8-12-29-55(48)68(64)69(67(46)58)59-32-15-13-24-49(59)50-25-14-16-33-60(50)69/h1-40H. The summed E-state index contributed by atoms with van der Waals surface area (Å²) in [6.45, 7) is 0. The van der Waals surface area contributed by atoms with Gasteiger partial charge in [0, 0.05) is 0 Å². The molecule has 13 aromatic rings. The van der Waals surface area contributed by atoms with E-state index < -0.39 is 5.41 Å². The Balaban J connectivity index is 0.972. The van der Waals surface area contributed by atoms with Crippen molar-refractivity contribution in [2.45, 2.75) is 5.41 Å². The molecule has 3 aliphatic carbocycles. The van der Waals surface area contributed by atoms with Crippen molar-refractivity contribution in [2.75, 3.05) is 0 Å². The summed E-state index contributed by atoms with van der Waals surface area (Å²) in [6.07, 6.45) is 0. The second kappa shape index (κ2) is 13.6. The van der Waals surface area contributed by atoms with E-state index in [4.69, 9.17) is 0 Å². The zero-order valence-electron chi connectivity index (χ0n) is 37.6. The van der Waals surface area contributed by atoms with Gasteiger partial charge in [0.1, 0.15) is 0 Å². The summed E-state index contributed by atoms with van der Waals surface area (Å²) in [6, 6.07) is 91.7. The topological polar surface area (TPSA) is 0 Å². The van der Waals surface area contributed by atoms with Gasteiger partial charge >= 0.3 is 0 Å². The molecule has 0 nitrogen and oxygen atoms in total. The highest BCUT2D eigenvalue weighted by molar-refractivity contribution is 6.29. The van der Waals surface area contributed by atoms with Crippen LogP contribution in [0.2, 0.25) is 0 Å². The van der Waals surface area contributed by atoms with Crippen LogP contribution in [0.1, 0.15) is 22.3 Å². The van der Waals surface area contributed by atoms with Crippen LogP contribution < -0.4 is 0 Å². The Hall–Kier alpha value is -8.84. The van der Waals surface area contributed by atoms with E-state index >= 15 is 0 Å². The van der Waals surface area contributed by atoms with Crippen molar-refractivity contribution in [3.8, 4) is 77.9 Å². The smallest absolute Gasteiger partial charge is 0.0622 e. The number of fused-ring (bicyclic) bond motifs is 21. The van der Waals surface area contributed by atoms with Crippen molar-refractivity contribution in [3.63, 3.8) is 0 Å². The van der Waals surface area contributed by atoms with Gasteiger partial charge in [0.2, 0.25) is 0 Å². The number of rotatable bonds is 3. The number of hydrogen-bond donors (Lipinski definition) is 0. The highest BCUT2D eigenvalue weighted by Crippen LogP contribution is 2.67. The van der Waals surface area contributed by atoms with Crippen LogP contribution in [0.3, 0.4) is 0 Å². The molecule has 0 aliphatic heterocycles. The van der Waals surface area contributed by atoms with Gasteiger partial charge in [0.15, 0.2) is 0 Å². The summed E-state index contributed by atoms with van der Waals surface area (Å²) in [5.41, 5.74) is 23.2. The molecule has 0 heterocycles. The van der Waals surface area contributed by atoms with Gasteiger partial charge in [0.25, 0.3) is 0 Å². The highest BCUT2D eigenvalue weighted by Gasteiger charge is 2.53. The fourth-order valence-electron chi connectivity index (χ4n) is 13.7. The first-order chi connectivity index (χ1) is 34.3. The Morgan fingerprint density at radius 1 is 0.217 bits per heavy atom. The first-order valence-electron chi connectivity index (χ1n) is 24.3. The molecule has 0 unspecified atom stereocenters. The maximum absolute atomic E-state index is 2.47. The lowest BCUT2D eigenvalue weighted by atomic mass is 9.68. The third-order valence-corrected chi connectivity index (χ3v) is 16.2. The van der Waals surface area contributed by atoms with Gasteiger partial charge in [-0.1, -0.05) is 237 Å². The molecule has 0 aromatic heterocycles. The summed E-state index contributed by atoms with van der Waals surface area (Å²) in [5.74, 6) is 0. The molecule has 16 rings (SSSR count). The summed E-state index contributed by atoms with van der Waals surface area (Å²) in [4.78, 5) is 0. The van der Waals surface area contributed by atoms with Gasteiger partial charge in [-0.2, -0.15) is 0 Å². The van der Waals surface area contributed by atoms with Crippen LogP contribution in [0.25, 0.3) is 132 Å². The molecule has 69 heavy (non-hydrogen) atoms. The largest absolute Gasteiger partial charge is 0.0737 e. The summed E-state index contributed by atoms with van der Waals surface area (Å²) in [7, 11) is 0. The van der Waals surface area contributed by atoms with E-state index in [0.717, 1.165) is 0 Å². The molecule has 13 aromatic carbocycles. The van der Waals surface area contributed by atoms with E-state index in [-0.39, 0.29) is 0 Å². The minimum absolute atomic E-state index is 0.507. The van der Waals surface area contributed by atoms with Crippen LogP contribution in [0.15, 0.2) is 243 Å². The number of benzene rings is 13. The minimum Gasteiger partial charge on any atom is -0.0622 e. The fourth-order valence-corrected chi connectivity index (χ4v) is 13.7. The summed E-state index contributed by atoms with van der Waals surface area (Å²) >= 11 is 0. The second-order valence-corrected chi connectivity index (χ2v) is 19.3. The van der Waals surface area contributed by atoms with Crippen molar-refractivity contribution in [1.29, 1.82) is 0 Å². The Bertz CT molecular complexity index is 4260. The molecule has 0 bridgehead atoms. The maximum Gasteiger partial charge on any atom is 0.0737 e. The third kappa shape index (κ3) is 4.68. The van der Waals surface area contributed by atoms with Gasteiger partial charge < -0.3 is 0 Å². The summed E-state index contributed by atoms with van der Waals surface area (Å²) < 4.78 is 0. The van der Waals surface area contributed by atoms with Crippen LogP contribution in [-0.4, -0.2) is 0 Å². The molecule has 0 heteroatoms. The maximum atomic E-state index is 2.47. The molecule has 0 atom stereocenters. The van der Waals surface area contributed by atoms with Crippen molar-refractivity contribution in [3.05, 3.63) is 265 Å². The molecule has 0 radical (unpaired) electrons. The van der Waals surface area contributed by atoms with Crippen LogP contribution >= 0.6 is 0 Å². The van der Waals surface area contributed by atoms with E-state index in [1.54, 1.807) is 0 Å². The first-order valence-corrected chi connectivity index (χ1v) is 24.3. The molecular weight excluding hydrogens is 829 g/mol. The molecular formula is C69H40. The normalized spacial score (nSPS) is 13.3. The zero-order valence-corrected chi connectivity index (χ0v) is 37.6. The summed E-state index contributed by atoms with van der Waals surface area (Å²) in [5, 5.41) is 13.0. The lowest BCUT2D eigenvalue weighted by Gasteiger charge is -2.32. The molecule has 0 saturated heterocycles. The Labute approximate surface area is 400 Å². The predicted molar refractivity (Wildman–Crippen MR) is 291 cm³/mol. The monoisotopic (exact) mass is 868 g/mol. The van der Waals surface area contributed by atoms with E-state index in [0.29, 0.717) is 0 Å². The van der Waals surface area contributed by atoms with Crippen molar-refractivity contribution in [2.24, 2.45) is 0 Å². The molecule has 0 N–H and O–H groups in total. The molecule has 0 saturated carbocycles. The van der Waals surface area contributed by atoms with E-state index in [1.807, 2.05) is 0 Å². The number of hydrogen-bond acceptors (Lipinski definition) is 0. The quantitative estimate of drug-likeness (QED) is 0.155. The van der Waals surface area contributed by atoms with E-state index in [9.17, 15) is 0 Å². The predicted octanol–water partition coefficient (Wildman–Crippen LogP) is 18.4. The Morgan fingerprint density at radius 3 is 1.32 bits per heavy atom. The van der Waals surface area contributed by atoms with E-state index in [2.05, 4.69) is 243 Å².